The van der Waals surface area contributed by atoms with Gasteiger partial charge >= 0.3 is 6.03 Å². The van der Waals surface area contributed by atoms with Gasteiger partial charge in [0.05, 0.1) is 0 Å². The van der Waals surface area contributed by atoms with E-state index in [0.29, 0.717) is 48.5 Å². The minimum absolute atomic E-state index is 0.139. The van der Waals surface area contributed by atoms with Crippen LogP contribution in [0, 0.1) is 5.41 Å². The summed E-state index contributed by atoms with van der Waals surface area (Å²) in [5.74, 6) is 1.91. The van der Waals surface area contributed by atoms with Crippen molar-refractivity contribution in [1.29, 1.82) is 0 Å². The van der Waals surface area contributed by atoms with Crippen LogP contribution in [0.4, 0.5) is 10.5 Å². The average molecular weight is 815 g/mol. The Bertz CT molecular complexity index is 1830. The summed E-state index contributed by atoms with van der Waals surface area (Å²) in [6, 6.07) is 18.4. The molecule has 0 radical (unpaired) electrons. The van der Waals surface area contributed by atoms with E-state index in [1.165, 1.54) is 5.56 Å². The van der Waals surface area contributed by atoms with Crippen molar-refractivity contribution in [2.75, 3.05) is 38.2 Å². The van der Waals surface area contributed by atoms with Gasteiger partial charge < -0.3 is 23.6 Å². The first-order valence-electron chi connectivity index (χ1n) is 19.9. The molecule has 0 fully saturated rings. The van der Waals surface area contributed by atoms with Crippen molar-refractivity contribution in [2.45, 2.75) is 105 Å². The van der Waals surface area contributed by atoms with Crippen LogP contribution in [-0.2, 0) is 20.1 Å². The third-order valence-corrected chi connectivity index (χ3v) is 20.2. The molecule has 4 rings (SSSR count). The number of allylic oxidation sites excluding steroid dienone is 1. The lowest BCUT2D eigenvalue weighted by molar-refractivity contribution is 0.160. The number of carbonyl (C=O) groups is 1. The Morgan fingerprint density at radius 2 is 1.33 bits per heavy atom. The Labute approximate surface area is 343 Å². The van der Waals surface area contributed by atoms with Crippen molar-refractivity contribution in [3.8, 4) is 11.5 Å². The first kappa shape index (κ1) is 45.6. The van der Waals surface area contributed by atoms with Crippen LogP contribution in [0.3, 0.4) is 0 Å². The van der Waals surface area contributed by atoms with Gasteiger partial charge in [-0.15, -0.1) is 5.11 Å². The standard InChI is InChI=1S/C44H66N6O5Si2/c1-42(2,3)35-30-39(47-49-48-41(51)46-36-18-20-37(21-19-36)55-38-22-24-45-25-23-38)40(52-32-35)34-16-14-33(15-17-34)31-50(26-28-53-56(10,11)43(4,5)6)27-29-54-57(12,13)44(7,8)9/h14-25,30H,26-29,31-32H2,1-13H3,(H2,46,47,48,51). The molecule has 2 N–H and O–H groups in total. The number of carbonyl (C=O) groups excluding carboxylic acids is 1. The number of aromatic nitrogens is 1. The van der Waals surface area contributed by atoms with Crippen LogP contribution in [0.15, 0.2) is 101 Å². The van der Waals surface area contributed by atoms with E-state index in [4.69, 9.17) is 18.3 Å². The zero-order valence-electron chi connectivity index (χ0n) is 36.6. The second-order valence-corrected chi connectivity index (χ2v) is 28.3. The van der Waals surface area contributed by atoms with Gasteiger partial charge in [-0.1, -0.05) is 91.8 Å². The molecule has 57 heavy (non-hydrogen) atoms. The number of pyridine rings is 1. The summed E-state index contributed by atoms with van der Waals surface area (Å²) < 4.78 is 25.3. The second kappa shape index (κ2) is 19.1. The van der Waals surface area contributed by atoms with Crippen molar-refractivity contribution < 1.29 is 23.1 Å². The van der Waals surface area contributed by atoms with Gasteiger partial charge in [0, 0.05) is 56.5 Å². The maximum Gasteiger partial charge on any atom is 0.341 e. The Morgan fingerprint density at radius 1 is 0.789 bits per heavy atom. The van der Waals surface area contributed by atoms with Crippen molar-refractivity contribution in [3.05, 3.63) is 102 Å². The highest BCUT2D eigenvalue weighted by molar-refractivity contribution is 6.74. The number of amides is 2. The molecule has 1 aliphatic rings. The molecule has 310 valence electrons. The van der Waals surface area contributed by atoms with Gasteiger partial charge in [-0.3, -0.25) is 9.88 Å². The molecule has 11 nitrogen and oxygen atoms in total. The predicted molar refractivity (Wildman–Crippen MR) is 236 cm³/mol. The monoisotopic (exact) mass is 814 g/mol. The first-order valence-corrected chi connectivity index (χ1v) is 25.7. The second-order valence-electron chi connectivity index (χ2n) is 18.7. The molecule has 1 aliphatic heterocycles. The number of nitrogens with zero attached hydrogens (tertiary/aromatic N) is 4. The fourth-order valence-electron chi connectivity index (χ4n) is 5.25. The number of rotatable bonds is 16. The van der Waals surface area contributed by atoms with Gasteiger partial charge in [-0.2, -0.15) is 0 Å². The minimum atomic E-state index is -1.87. The molecule has 0 saturated heterocycles. The molecule has 3 aromatic rings. The van der Waals surface area contributed by atoms with Crippen LogP contribution in [0.25, 0.3) is 5.76 Å². The molecular formula is C44H66N6O5Si2. The summed E-state index contributed by atoms with van der Waals surface area (Å²) in [6.07, 6.45) is 5.33. The fraction of sp³-hybridized carbons (Fsp3) is 0.500. The molecule has 0 atom stereocenters. The van der Waals surface area contributed by atoms with Crippen molar-refractivity contribution in [1.82, 2.24) is 15.3 Å². The topological polar surface area (TPSA) is 119 Å². The molecule has 2 amide bonds. The summed E-state index contributed by atoms with van der Waals surface area (Å²) >= 11 is 0. The van der Waals surface area contributed by atoms with Gasteiger partial charge in [0.25, 0.3) is 0 Å². The third-order valence-electron chi connectivity index (χ3n) is 11.2. The zero-order valence-corrected chi connectivity index (χ0v) is 38.6. The maximum absolute atomic E-state index is 12.8. The Hall–Kier alpha value is -4.15. The van der Waals surface area contributed by atoms with Gasteiger partial charge in [-0.25, -0.2) is 10.2 Å². The van der Waals surface area contributed by atoms with Gasteiger partial charge in [0.1, 0.15) is 23.8 Å². The van der Waals surface area contributed by atoms with Gasteiger partial charge in [0.15, 0.2) is 22.4 Å². The number of hydrogen-bond donors (Lipinski definition) is 2. The van der Waals surface area contributed by atoms with E-state index in [0.717, 1.165) is 30.8 Å². The van der Waals surface area contributed by atoms with Crippen LogP contribution < -0.4 is 15.5 Å². The van der Waals surface area contributed by atoms with E-state index in [1.54, 1.807) is 48.8 Å². The number of benzene rings is 2. The number of ether oxygens (including phenoxy) is 2. The van der Waals surface area contributed by atoms with E-state index in [2.05, 4.69) is 144 Å². The lowest BCUT2D eigenvalue weighted by atomic mass is 9.85. The molecule has 0 bridgehead atoms. The number of hydrogen-bond acceptors (Lipinski definition) is 9. The molecule has 13 heteroatoms. The molecule has 0 aliphatic carbocycles. The minimum Gasteiger partial charge on any atom is -0.486 e. The van der Waals surface area contributed by atoms with Crippen LogP contribution in [0.5, 0.6) is 11.5 Å². The highest BCUT2D eigenvalue weighted by atomic mass is 28.4. The Balaban J connectivity index is 1.46. The molecular weight excluding hydrogens is 749 g/mol. The lowest BCUT2D eigenvalue weighted by Crippen LogP contribution is -2.44. The predicted octanol–water partition coefficient (Wildman–Crippen LogP) is 11.6. The van der Waals surface area contributed by atoms with E-state index < -0.39 is 22.7 Å². The zero-order chi connectivity index (χ0) is 42.1. The molecule has 1 aromatic heterocycles. The maximum atomic E-state index is 12.8. The number of nitrogens with one attached hydrogen (secondary N) is 2. The van der Waals surface area contributed by atoms with Crippen LogP contribution in [0.2, 0.25) is 36.3 Å². The first-order chi connectivity index (χ1) is 26.5. The highest BCUT2D eigenvalue weighted by Crippen LogP contribution is 2.38. The van der Waals surface area contributed by atoms with Gasteiger partial charge in [0.2, 0.25) is 0 Å². The normalized spacial score (nSPS) is 14.5. The largest absolute Gasteiger partial charge is 0.486 e. The third kappa shape index (κ3) is 13.7. The summed E-state index contributed by atoms with van der Waals surface area (Å²) in [5.41, 5.74) is 6.59. The summed E-state index contributed by atoms with van der Waals surface area (Å²) in [4.78, 5) is 19.2. The SMILES string of the molecule is CC(C)(C)C1=CC(N=NNC(=O)Nc2ccc(Oc3ccncc3)cc2)=C(c2ccc(CN(CCO[Si](C)(C)C(C)(C)C)CCO[Si](C)(C)C(C)(C)C)cc2)OC1. The van der Waals surface area contributed by atoms with Gasteiger partial charge in [-0.05, 0) is 95.3 Å². The molecule has 0 spiro atoms. The quantitative estimate of drug-likeness (QED) is 0.0839. The fourth-order valence-corrected chi connectivity index (χ4v) is 7.32. The average Bonchev–Trinajstić information content (AvgIpc) is 3.12. The van der Waals surface area contributed by atoms with E-state index in [1.807, 2.05) is 6.08 Å². The molecule has 0 unspecified atom stereocenters. The van der Waals surface area contributed by atoms with E-state index >= 15 is 0 Å². The number of urea groups is 1. The van der Waals surface area contributed by atoms with Crippen LogP contribution >= 0.6 is 0 Å². The summed E-state index contributed by atoms with van der Waals surface area (Å²) in [5, 5.41) is 11.6. The Morgan fingerprint density at radius 3 is 1.86 bits per heavy atom. The van der Waals surface area contributed by atoms with Crippen LogP contribution in [0.1, 0.15) is 73.4 Å². The van der Waals surface area contributed by atoms with E-state index in [-0.39, 0.29) is 15.5 Å². The smallest absolute Gasteiger partial charge is 0.341 e. The molecule has 2 aromatic carbocycles. The summed E-state index contributed by atoms with van der Waals surface area (Å²) in [6.45, 7) is 33.5. The lowest BCUT2D eigenvalue weighted by Gasteiger charge is -2.38. The summed E-state index contributed by atoms with van der Waals surface area (Å²) in [7, 11) is -3.74. The molecule has 2 heterocycles. The van der Waals surface area contributed by atoms with Crippen molar-refractivity contribution >= 4 is 34.1 Å². The Kier molecular flexibility index (Phi) is 15.2. The van der Waals surface area contributed by atoms with E-state index in [9.17, 15) is 4.79 Å². The molecule has 0 saturated carbocycles. The van der Waals surface area contributed by atoms with Crippen molar-refractivity contribution in [2.24, 2.45) is 15.8 Å². The van der Waals surface area contributed by atoms with Crippen LogP contribution in [-0.4, -0.2) is 65.5 Å². The van der Waals surface area contributed by atoms with Crippen molar-refractivity contribution in [3.63, 3.8) is 0 Å². The number of anilines is 1. The highest BCUT2D eigenvalue weighted by Gasteiger charge is 2.38.